The Bertz CT molecular complexity index is 424. The molecule has 0 atom stereocenters. The number of nitro groups is 1. The Balaban J connectivity index is 2.88. The number of esters is 1. The first kappa shape index (κ1) is 12.8. The molecule has 0 saturated heterocycles. The molecular formula is C9H7ClNO4S. The van der Waals surface area contributed by atoms with Gasteiger partial charge in [-0.2, -0.15) is 0 Å². The SMILES string of the molecule is COC(=O)CSc1[c]c(Cl)ccc1[N+](=O)[O-]. The summed E-state index contributed by atoms with van der Waals surface area (Å²) in [6.45, 7) is 0. The van der Waals surface area contributed by atoms with E-state index in [1.165, 1.54) is 19.2 Å². The van der Waals surface area contributed by atoms with Gasteiger partial charge in [-0.15, -0.1) is 11.8 Å². The average Bonchev–Trinajstić information content (AvgIpc) is 2.25. The molecule has 1 aromatic rings. The van der Waals surface area contributed by atoms with E-state index in [4.69, 9.17) is 11.6 Å². The molecular weight excluding hydrogens is 254 g/mol. The monoisotopic (exact) mass is 260 g/mol. The van der Waals surface area contributed by atoms with Crippen molar-refractivity contribution in [1.29, 1.82) is 0 Å². The molecule has 0 aliphatic rings. The normalized spacial score (nSPS) is 9.88. The third-order valence-electron chi connectivity index (χ3n) is 1.61. The number of nitrogens with zero attached hydrogens (tertiary/aromatic N) is 1. The maximum absolute atomic E-state index is 10.9. The number of nitro benzene ring substituents is 1. The zero-order valence-electron chi connectivity index (χ0n) is 8.23. The zero-order chi connectivity index (χ0) is 12.1. The molecule has 0 saturated carbocycles. The van der Waals surface area contributed by atoms with Crippen LogP contribution in [0, 0.1) is 16.2 Å². The van der Waals surface area contributed by atoms with E-state index in [1.807, 2.05) is 0 Å². The second kappa shape index (κ2) is 5.72. The minimum absolute atomic E-state index is 0.0197. The summed E-state index contributed by atoms with van der Waals surface area (Å²) in [4.78, 5) is 21.2. The molecule has 0 unspecified atom stereocenters. The fraction of sp³-hybridized carbons (Fsp3) is 0.222. The van der Waals surface area contributed by atoms with E-state index in [0.717, 1.165) is 11.8 Å². The van der Waals surface area contributed by atoms with Crippen LogP contribution in [0.5, 0.6) is 0 Å². The molecule has 5 nitrogen and oxygen atoms in total. The molecule has 0 heterocycles. The highest BCUT2D eigenvalue weighted by molar-refractivity contribution is 8.00. The molecule has 0 N–H and O–H groups in total. The molecule has 85 valence electrons. The number of carbonyl (C=O) groups excluding carboxylic acids is 1. The number of methoxy groups -OCH3 is 1. The van der Waals surface area contributed by atoms with Crippen molar-refractivity contribution in [2.45, 2.75) is 4.90 Å². The number of halogens is 1. The van der Waals surface area contributed by atoms with Gasteiger partial charge in [0.2, 0.25) is 0 Å². The van der Waals surface area contributed by atoms with Gasteiger partial charge in [0.05, 0.1) is 27.7 Å². The van der Waals surface area contributed by atoms with E-state index in [2.05, 4.69) is 10.8 Å². The van der Waals surface area contributed by atoms with Crippen molar-refractivity contribution in [1.82, 2.24) is 0 Å². The number of thioether (sulfide) groups is 1. The number of hydrogen-bond acceptors (Lipinski definition) is 5. The topological polar surface area (TPSA) is 69.4 Å². The highest BCUT2D eigenvalue weighted by atomic mass is 35.5. The van der Waals surface area contributed by atoms with Crippen molar-refractivity contribution < 1.29 is 14.5 Å². The molecule has 16 heavy (non-hydrogen) atoms. The van der Waals surface area contributed by atoms with Crippen LogP contribution in [0.3, 0.4) is 0 Å². The van der Waals surface area contributed by atoms with Gasteiger partial charge in [0.1, 0.15) is 0 Å². The van der Waals surface area contributed by atoms with Gasteiger partial charge in [-0.3, -0.25) is 14.9 Å². The summed E-state index contributed by atoms with van der Waals surface area (Å²) in [5.74, 6) is -0.485. The molecule has 1 aromatic carbocycles. The van der Waals surface area contributed by atoms with E-state index in [-0.39, 0.29) is 21.4 Å². The predicted octanol–water partition coefficient (Wildman–Crippen LogP) is 2.31. The van der Waals surface area contributed by atoms with Gasteiger partial charge in [0.15, 0.2) is 0 Å². The van der Waals surface area contributed by atoms with Crippen molar-refractivity contribution in [2.24, 2.45) is 0 Å². The molecule has 7 heteroatoms. The van der Waals surface area contributed by atoms with Crippen LogP contribution in [0.4, 0.5) is 5.69 Å². The quantitative estimate of drug-likeness (QED) is 0.360. The van der Waals surface area contributed by atoms with Crippen LogP contribution in [0.15, 0.2) is 17.0 Å². The molecule has 1 rings (SSSR count). The Labute approximate surface area is 101 Å². The summed E-state index contributed by atoms with van der Waals surface area (Å²) in [6.07, 6.45) is 0. The first-order valence-electron chi connectivity index (χ1n) is 4.10. The van der Waals surface area contributed by atoms with Crippen molar-refractivity contribution in [3.8, 4) is 0 Å². The molecule has 0 aliphatic carbocycles. The summed E-state index contributed by atoms with van der Waals surface area (Å²) in [5.41, 5.74) is -0.127. The molecule has 0 aliphatic heterocycles. The summed E-state index contributed by atoms with van der Waals surface area (Å²) < 4.78 is 4.43. The number of carbonyl (C=O) groups is 1. The van der Waals surface area contributed by atoms with Gasteiger partial charge >= 0.3 is 5.97 Å². The summed E-state index contributed by atoms with van der Waals surface area (Å²) in [5, 5.41) is 10.9. The average molecular weight is 261 g/mol. The number of benzene rings is 1. The van der Waals surface area contributed by atoms with Gasteiger partial charge in [-0.25, -0.2) is 0 Å². The van der Waals surface area contributed by atoms with Crippen LogP contribution in [0.25, 0.3) is 0 Å². The molecule has 0 fully saturated rings. The van der Waals surface area contributed by atoms with Gasteiger partial charge in [-0.1, -0.05) is 11.6 Å². The molecule has 1 radical (unpaired) electrons. The predicted molar refractivity (Wildman–Crippen MR) is 59.7 cm³/mol. The van der Waals surface area contributed by atoms with Crippen molar-refractivity contribution in [2.75, 3.05) is 12.9 Å². The van der Waals surface area contributed by atoms with E-state index < -0.39 is 10.9 Å². The molecule has 0 spiro atoms. The van der Waals surface area contributed by atoms with E-state index in [0.29, 0.717) is 0 Å². The molecule has 0 amide bonds. The summed E-state index contributed by atoms with van der Waals surface area (Å²) in [7, 11) is 1.25. The standard InChI is InChI=1S/C9H7ClNO4S/c1-15-9(12)5-16-8-4-6(10)2-3-7(8)11(13)14/h2-3H,5H2,1H3. The number of hydrogen-bond donors (Lipinski definition) is 0. The molecule has 0 bridgehead atoms. The zero-order valence-corrected chi connectivity index (χ0v) is 9.80. The van der Waals surface area contributed by atoms with Crippen LogP contribution < -0.4 is 0 Å². The lowest BCUT2D eigenvalue weighted by molar-refractivity contribution is -0.387. The first-order valence-corrected chi connectivity index (χ1v) is 5.46. The highest BCUT2D eigenvalue weighted by Gasteiger charge is 2.16. The number of ether oxygens (including phenoxy) is 1. The lowest BCUT2D eigenvalue weighted by Gasteiger charge is -2.01. The van der Waals surface area contributed by atoms with E-state index >= 15 is 0 Å². The van der Waals surface area contributed by atoms with Crippen LogP contribution in [-0.4, -0.2) is 23.8 Å². The maximum Gasteiger partial charge on any atom is 0.315 e. The van der Waals surface area contributed by atoms with Crippen LogP contribution in [0.2, 0.25) is 5.02 Å². The van der Waals surface area contributed by atoms with Gasteiger partial charge < -0.3 is 4.74 Å². The van der Waals surface area contributed by atoms with Gasteiger partial charge in [-0.05, 0) is 6.07 Å². The van der Waals surface area contributed by atoms with Crippen molar-refractivity contribution >= 4 is 35.0 Å². The Hall–Kier alpha value is -1.27. The van der Waals surface area contributed by atoms with Gasteiger partial charge in [0.25, 0.3) is 5.69 Å². The minimum atomic E-state index is -0.549. The minimum Gasteiger partial charge on any atom is -0.468 e. The Morgan fingerprint density at radius 3 is 2.94 bits per heavy atom. The fourth-order valence-electron chi connectivity index (χ4n) is 0.886. The lowest BCUT2D eigenvalue weighted by Crippen LogP contribution is -2.03. The largest absolute Gasteiger partial charge is 0.468 e. The Morgan fingerprint density at radius 1 is 1.69 bits per heavy atom. The first-order chi connectivity index (χ1) is 7.54. The smallest absolute Gasteiger partial charge is 0.315 e. The van der Waals surface area contributed by atoms with Crippen molar-refractivity contribution in [3.63, 3.8) is 0 Å². The second-order valence-electron chi connectivity index (χ2n) is 2.64. The Morgan fingerprint density at radius 2 is 2.38 bits per heavy atom. The number of rotatable bonds is 4. The van der Waals surface area contributed by atoms with Crippen molar-refractivity contribution in [3.05, 3.63) is 33.3 Å². The van der Waals surface area contributed by atoms with Crippen LogP contribution in [-0.2, 0) is 9.53 Å². The Kier molecular flexibility index (Phi) is 4.57. The summed E-state index contributed by atoms with van der Waals surface area (Å²) >= 11 is 6.63. The van der Waals surface area contributed by atoms with E-state index in [1.54, 1.807) is 0 Å². The third-order valence-corrected chi connectivity index (χ3v) is 2.81. The van der Waals surface area contributed by atoms with E-state index in [9.17, 15) is 14.9 Å². The molecule has 0 aromatic heterocycles. The third kappa shape index (κ3) is 3.39. The maximum atomic E-state index is 10.9. The van der Waals surface area contributed by atoms with Gasteiger partial charge in [0, 0.05) is 12.1 Å². The van der Waals surface area contributed by atoms with Crippen LogP contribution >= 0.6 is 23.4 Å². The highest BCUT2D eigenvalue weighted by Crippen LogP contribution is 2.30. The van der Waals surface area contributed by atoms with Crippen LogP contribution in [0.1, 0.15) is 0 Å². The lowest BCUT2D eigenvalue weighted by atomic mass is 10.3. The fourth-order valence-corrected chi connectivity index (χ4v) is 1.95. The second-order valence-corrected chi connectivity index (χ2v) is 4.04. The summed E-state index contributed by atoms with van der Waals surface area (Å²) in [6, 6.07) is 5.27.